The Morgan fingerprint density at radius 2 is 2.11 bits per heavy atom. The minimum atomic E-state index is -1.06. The van der Waals surface area contributed by atoms with Crippen LogP contribution in [-0.2, 0) is 0 Å². The number of hydrogen-bond donors (Lipinski definition) is 3. The molecule has 0 atom stereocenters. The summed E-state index contributed by atoms with van der Waals surface area (Å²) in [5.74, 6) is 1.42. The first-order chi connectivity index (χ1) is 9.02. The van der Waals surface area contributed by atoms with Gasteiger partial charge in [-0.2, -0.15) is 0 Å². The van der Waals surface area contributed by atoms with E-state index in [0.717, 1.165) is 0 Å². The minimum Gasteiger partial charge on any atom is -0.478 e. The smallest absolute Gasteiger partial charge is 0.335 e. The van der Waals surface area contributed by atoms with Gasteiger partial charge in [0.1, 0.15) is 0 Å². The van der Waals surface area contributed by atoms with Crippen LogP contribution in [0.3, 0.4) is 0 Å². The number of carboxylic acids is 1. The van der Waals surface area contributed by atoms with E-state index in [0.29, 0.717) is 29.5 Å². The molecule has 5 nitrogen and oxygen atoms in total. The maximum Gasteiger partial charge on any atom is 0.335 e. The van der Waals surface area contributed by atoms with Crippen molar-refractivity contribution < 1.29 is 14.7 Å². The van der Waals surface area contributed by atoms with Gasteiger partial charge >= 0.3 is 12.0 Å². The fourth-order valence-electron chi connectivity index (χ4n) is 1.35. The molecule has 0 saturated heterocycles. The van der Waals surface area contributed by atoms with Crippen LogP contribution in [0.1, 0.15) is 23.2 Å². The summed E-state index contributed by atoms with van der Waals surface area (Å²) in [5, 5.41) is 14.1. The minimum absolute atomic E-state index is 0.0945. The number of rotatable bonds is 5. The van der Waals surface area contributed by atoms with E-state index in [-0.39, 0.29) is 5.56 Å². The number of carbonyl (C=O) groups is 2. The van der Waals surface area contributed by atoms with Crippen molar-refractivity contribution in [2.45, 2.75) is 12.8 Å². The molecule has 19 heavy (non-hydrogen) atoms. The summed E-state index contributed by atoms with van der Waals surface area (Å²) in [5.41, 5.74) is 0.498. The second-order valence-corrected chi connectivity index (χ2v) is 4.64. The number of anilines is 1. The molecule has 2 amide bonds. The van der Waals surface area contributed by atoms with Crippen molar-refractivity contribution in [3.8, 4) is 12.3 Å². The quantitative estimate of drug-likeness (QED) is 0.575. The predicted octanol–water partition coefficient (Wildman–Crippen LogP) is 2.68. The number of aromatic carboxylic acids is 1. The van der Waals surface area contributed by atoms with Crippen LogP contribution in [0, 0.1) is 12.3 Å². The van der Waals surface area contributed by atoms with Gasteiger partial charge in [0.25, 0.3) is 0 Å². The molecule has 1 aromatic rings. The SMILES string of the molecule is C#CCCCNC(=O)Nc1cc(Br)cc(C(=O)O)c1. The largest absolute Gasteiger partial charge is 0.478 e. The Morgan fingerprint density at radius 1 is 1.37 bits per heavy atom. The van der Waals surface area contributed by atoms with E-state index >= 15 is 0 Å². The number of carbonyl (C=O) groups excluding carboxylic acids is 1. The second kappa shape index (κ2) is 7.44. The van der Waals surface area contributed by atoms with Crippen LogP contribution >= 0.6 is 15.9 Å². The Hall–Kier alpha value is -2.00. The van der Waals surface area contributed by atoms with E-state index in [2.05, 4.69) is 32.5 Å². The molecule has 3 N–H and O–H groups in total. The monoisotopic (exact) mass is 324 g/mol. The second-order valence-electron chi connectivity index (χ2n) is 3.72. The Bertz CT molecular complexity index is 523. The average molecular weight is 325 g/mol. The number of hydrogen-bond acceptors (Lipinski definition) is 2. The topological polar surface area (TPSA) is 78.4 Å². The van der Waals surface area contributed by atoms with Gasteiger partial charge in [0.2, 0.25) is 0 Å². The summed E-state index contributed by atoms with van der Waals surface area (Å²) < 4.78 is 0.579. The van der Waals surface area contributed by atoms with Crippen LogP contribution in [0.15, 0.2) is 22.7 Å². The molecule has 0 aliphatic carbocycles. The van der Waals surface area contributed by atoms with Crippen LogP contribution in [0.4, 0.5) is 10.5 Å². The molecule has 0 unspecified atom stereocenters. The average Bonchev–Trinajstić information content (AvgIpc) is 2.34. The van der Waals surface area contributed by atoms with Gasteiger partial charge in [0, 0.05) is 23.1 Å². The highest BCUT2D eigenvalue weighted by molar-refractivity contribution is 9.10. The number of nitrogens with one attached hydrogen (secondary N) is 2. The molecule has 100 valence electrons. The van der Waals surface area contributed by atoms with Crippen LogP contribution in [0.2, 0.25) is 0 Å². The zero-order chi connectivity index (χ0) is 14.3. The molecule has 0 fully saturated rings. The Labute approximate surface area is 119 Å². The molecule has 0 aromatic heterocycles. The van der Waals surface area contributed by atoms with Crippen molar-refractivity contribution in [3.05, 3.63) is 28.2 Å². The van der Waals surface area contributed by atoms with Gasteiger partial charge in [0.05, 0.1) is 5.56 Å². The lowest BCUT2D eigenvalue weighted by atomic mass is 10.2. The van der Waals surface area contributed by atoms with Gasteiger partial charge < -0.3 is 15.7 Å². The number of urea groups is 1. The van der Waals surface area contributed by atoms with Crippen molar-refractivity contribution in [1.82, 2.24) is 5.32 Å². The van der Waals surface area contributed by atoms with E-state index in [4.69, 9.17) is 11.5 Å². The zero-order valence-corrected chi connectivity index (χ0v) is 11.7. The molecule has 6 heteroatoms. The molecule has 0 saturated carbocycles. The van der Waals surface area contributed by atoms with Gasteiger partial charge in [-0.1, -0.05) is 15.9 Å². The summed E-state index contributed by atoms with van der Waals surface area (Å²) >= 11 is 3.19. The van der Waals surface area contributed by atoms with Crippen molar-refractivity contribution in [2.24, 2.45) is 0 Å². The highest BCUT2D eigenvalue weighted by atomic mass is 79.9. The number of unbranched alkanes of at least 4 members (excludes halogenated alkanes) is 1. The van der Waals surface area contributed by atoms with Crippen molar-refractivity contribution >= 4 is 33.6 Å². The number of amides is 2. The van der Waals surface area contributed by atoms with Crippen LogP contribution in [0.5, 0.6) is 0 Å². The molecule has 1 aromatic carbocycles. The predicted molar refractivity (Wildman–Crippen MR) is 76.2 cm³/mol. The Kier molecular flexibility index (Phi) is 5.90. The fraction of sp³-hybridized carbons (Fsp3) is 0.231. The zero-order valence-electron chi connectivity index (χ0n) is 10.1. The Balaban J connectivity index is 2.59. The Morgan fingerprint density at radius 3 is 2.74 bits per heavy atom. The van der Waals surface area contributed by atoms with Gasteiger partial charge in [-0.3, -0.25) is 0 Å². The maximum absolute atomic E-state index is 11.5. The van der Waals surface area contributed by atoms with Gasteiger partial charge in [0.15, 0.2) is 0 Å². The molecule has 0 radical (unpaired) electrons. The van der Waals surface area contributed by atoms with Crippen LogP contribution < -0.4 is 10.6 Å². The van der Waals surface area contributed by atoms with E-state index in [1.54, 1.807) is 6.07 Å². The van der Waals surface area contributed by atoms with Crippen molar-refractivity contribution in [1.29, 1.82) is 0 Å². The number of benzene rings is 1. The first kappa shape index (κ1) is 15.1. The number of carboxylic acid groups (broad SMARTS) is 1. The number of terminal acetylenes is 1. The lowest BCUT2D eigenvalue weighted by Crippen LogP contribution is -2.29. The van der Waals surface area contributed by atoms with E-state index < -0.39 is 12.0 Å². The van der Waals surface area contributed by atoms with Gasteiger partial charge in [-0.25, -0.2) is 9.59 Å². The van der Waals surface area contributed by atoms with E-state index in [1.165, 1.54) is 12.1 Å². The third-order valence-electron chi connectivity index (χ3n) is 2.19. The summed E-state index contributed by atoms with van der Waals surface area (Å²) in [6.07, 6.45) is 6.39. The maximum atomic E-state index is 11.5. The molecule has 0 aliphatic rings. The highest BCUT2D eigenvalue weighted by Gasteiger charge is 2.08. The summed E-state index contributed by atoms with van der Waals surface area (Å²) in [4.78, 5) is 22.4. The summed E-state index contributed by atoms with van der Waals surface area (Å²) in [6, 6.07) is 4.06. The van der Waals surface area contributed by atoms with Crippen molar-refractivity contribution in [3.63, 3.8) is 0 Å². The fourth-order valence-corrected chi connectivity index (χ4v) is 1.85. The highest BCUT2D eigenvalue weighted by Crippen LogP contribution is 2.19. The lowest BCUT2D eigenvalue weighted by molar-refractivity contribution is 0.0697. The first-order valence-electron chi connectivity index (χ1n) is 5.55. The summed E-state index contributed by atoms with van der Waals surface area (Å²) in [6.45, 7) is 0.468. The molecular weight excluding hydrogens is 312 g/mol. The molecule has 1 rings (SSSR count). The third kappa shape index (κ3) is 5.44. The standard InChI is InChI=1S/C13H13BrN2O3/c1-2-3-4-5-15-13(19)16-11-7-9(12(17)18)6-10(14)8-11/h1,6-8H,3-5H2,(H,17,18)(H2,15,16,19). The van der Waals surface area contributed by atoms with Crippen LogP contribution in [0.25, 0.3) is 0 Å². The lowest BCUT2D eigenvalue weighted by Gasteiger charge is -2.08. The third-order valence-corrected chi connectivity index (χ3v) is 2.64. The normalized spacial score (nSPS) is 9.47. The molecular formula is C13H13BrN2O3. The molecule has 0 heterocycles. The summed E-state index contributed by atoms with van der Waals surface area (Å²) in [7, 11) is 0. The first-order valence-corrected chi connectivity index (χ1v) is 6.34. The van der Waals surface area contributed by atoms with E-state index in [9.17, 15) is 9.59 Å². The van der Waals surface area contributed by atoms with Gasteiger partial charge in [-0.15, -0.1) is 12.3 Å². The number of halogens is 1. The molecule has 0 bridgehead atoms. The van der Waals surface area contributed by atoms with Crippen molar-refractivity contribution in [2.75, 3.05) is 11.9 Å². The van der Waals surface area contributed by atoms with E-state index in [1.807, 2.05) is 0 Å². The van der Waals surface area contributed by atoms with Gasteiger partial charge in [-0.05, 0) is 24.6 Å². The molecule has 0 aliphatic heterocycles. The van der Waals surface area contributed by atoms with Crippen LogP contribution in [-0.4, -0.2) is 23.7 Å². The molecule has 0 spiro atoms.